The molecule has 0 radical (unpaired) electrons. The molecule has 4 nitrogen and oxygen atoms in total. The van der Waals surface area contributed by atoms with E-state index in [1.807, 2.05) is 26.8 Å². The molecule has 1 aromatic rings. The summed E-state index contributed by atoms with van der Waals surface area (Å²) >= 11 is 0. The van der Waals surface area contributed by atoms with Gasteiger partial charge in [-0.25, -0.2) is 8.42 Å². The topological polar surface area (TPSA) is 55.4 Å². The quantitative estimate of drug-likeness (QED) is 0.874. The van der Waals surface area contributed by atoms with Crippen molar-refractivity contribution in [3.8, 4) is 5.75 Å². The first-order chi connectivity index (χ1) is 10.3. The van der Waals surface area contributed by atoms with Crippen molar-refractivity contribution in [3.63, 3.8) is 0 Å². The lowest BCUT2D eigenvalue weighted by Crippen LogP contribution is -2.39. The normalized spacial score (nSPS) is 22.2. The second-order valence-corrected chi connectivity index (χ2v) is 8.83. The van der Waals surface area contributed by atoms with Gasteiger partial charge in [0.1, 0.15) is 5.75 Å². The lowest BCUT2D eigenvalue weighted by Gasteiger charge is -2.21. The molecule has 0 aromatic heterocycles. The van der Waals surface area contributed by atoms with Gasteiger partial charge in [-0.2, -0.15) is 0 Å². The molecule has 1 aromatic carbocycles. The summed E-state index contributed by atoms with van der Waals surface area (Å²) < 4.78 is 29.6. The summed E-state index contributed by atoms with van der Waals surface area (Å²) in [5.74, 6) is 0.886. The summed E-state index contributed by atoms with van der Waals surface area (Å²) in [4.78, 5) is 0. The van der Waals surface area contributed by atoms with E-state index in [2.05, 4.69) is 17.4 Å². The predicted molar refractivity (Wildman–Crippen MR) is 90.1 cm³/mol. The molecule has 1 fully saturated rings. The maximum Gasteiger partial charge on any atom is 0.151 e. The van der Waals surface area contributed by atoms with Gasteiger partial charge in [-0.3, -0.25) is 0 Å². The number of hydrogen-bond donors (Lipinski definition) is 1. The van der Waals surface area contributed by atoms with Gasteiger partial charge in [0, 0.05) is 24.4 Å². The van der Waals surface area contributed by atoms with Crippen molar-refractivity contribution < 1.29 is 13.2 Å². The minimum Gasteiger partial charge on any atom is -0.491 e. The number of rotatable bonds is 6. The summed E-state index contributed by atoms with van der Waals surface area (Å²) in [7, 11) is -2.99. The maximum absolute atomic E-state index is 11.8. The van der Waals surface area contributed by atoms with Crippen LogP contribution in [0, 0.1) is 6.92 Å². The average Bonchev–Trinajstić information content (AvgIpc) is 2.85. The molecule has 0 aliphatic heterocycles. The lowest BCUT2D eigenvalue weighted by molar-refractivity contribution is 0.239. The van der Waals surface area contributed by atoms with Crippen LogP contribution in [0.1, 0.15) is 44.2 Å². The Balaban J connectivity index is 2.08. The molecular weight excluding hydrogens is 298 g/mol. The van der Waals surface area contributed by atoms with E-state index < -0.39 is 9.84 Å². The molecule has 2 rings (SSSR count). The van der Waals surface area contributed by atoms with E-state index >= 15 is 0 Å². The fraction of sp³-hybridized carbons (Fsp3) is 0.647. The number of hydrogen-bond acceptors (Lipinski definition) is 4. The minimum absolute atomic E-state index is 0.0446. The molecule has 0 amide bonds. The monoisotopic (exact) mass is 325 g/mol. The lowest BCUT2D eigenvalue weighted by atomic mass is 10.1. The summed E-state index contributed by atoms with van der Waals surface area (Å²) in [5.41, 5.74) is 2.24. The van der Waals surface area contributed by atoms with Crippen LogP contribution in [-0.2, 0) is 16.4 Å². The predicted octanol–water partition coefficient (Wildman–Crippen LogP) is 2.84. The molecule has 1 N–H and O–H groups in total. The van der Waals surface area contributed by atoms with Crippen LogP contribution in [0.15, 0.2) is 18.2 Å². The van der Waals surface area contributed by atoms with E-state index in [0.29, 0.717) is 6.54 Å². The largest absolute Gasteiger partial charge is 0.491 e. The van der Waals surface area contributed by atoms with E-state index in [9.17, 15) is 8.42 Å². The Morgan fingerprint density at radius 3 is 2.68 bits per heavy atom. The van der Waals surface area contributed by atoms with Crippen molar-refractivity contribution in [2.24, 2.45) is 0 Å². The molecule has 0 heterocycles. The summed E-state index contributed by atoms with van der Waals surface area (Å²) in [6.07, 6.45) is 4.12. The third kappa shape index (κ3) is 4.46. The van der Waals surface area contributed by atoms with E-state index in [1.54, 1.807) is 0 Å². The maximum atomic E-state index is 11.8. The number of nitrogens with one attached hydrogen (secondary N) is 1. The van der Waals surface area contributed by atoms with E-state index in [1.165, 1.54) is 6.26 Å². The molecule has 1 saturated carbocycles. The van der Waals surface area contributed by atoms with Crippen molar-refractivity contribution >= 4 is 9.84 Å². The van der Waals surface area contributed by atoms with Crippen molar-refractivity contribution in [1.29, 1.82) is 0 Å². The Morgan fingerprint density at radius 2 is 2.05 bits per heavy atom. The van der Waals surface area contributed by atoms with Crippen LogP contribution in [0.4, 0.5) is 0 Å². The zero-order chi connectivity index (χ0) is 16.3. The SMILES string of the molecule is Cc1ccc(CN[C@@H]2CCC[C@@H]2S(C)(=O)=O)c(OC(C)C)c1. The molecule has 1 aliphatic carbocycles. The van der Waals surface area contributed by atoms with Gasteiger partial charge in [-0.15, -0.1) is 0 Å². The van der Waals surface area contributed by atoms with Crippen molar-refractivity contribution in [2.45, 2.75) is 64.0 Å². The molecule has 0 unspecified atom stereocenters. The van der Waals surface area contributed by atoms with E-state index in [4.69, 9.17) is 4.74 Å². The number of benzene rings is 1. The van der Waals surface area contributed by atoms with Crippen LogP contribution in [0.2, 0.25) is 0 Å². The van der Waals surface area contributed by atoms with Crippen molar-refractivity contribution in [1.82, 2.24) is 5.32 Å². The van der Waals surface area contributed by atoms with Crippen molar-refractivity contribution in [3.05, 3.63) is 29.3 Å². The van der Waals surface area contributed by atoms with E-state index in [-0.39, 0.29) is 17.4 Å². The Morgan fingerprint density at radius 1 is 1.32 bits per heavy atom. The zero-order valence-corrected chi connectivity index (χ0v) is 14.7. The fourth-order valence-corrected chi connectivity index (χ4v) is 4.51. The van der Waals surface area contributed by atoms with Crippen LogP contribution in [-0.4, -0.2) is 32.1 Å². The van der Waals surface area contributed by atoms with Gasteiger partial charge in [-0.05, 0) is 45.2 Å². The second-order valence-electron chi connectivity index (χ2n) is 6.56. The zero-order valence-electron chi connectivity index (χ0n) is 13.9. The summed E-state index contributed by atoms with van der Waals surface area (Å²) in [6.45, 7) is 6.70. The molecule has 0 saturated heterocycles. The first kappa shape index (κ1) is 17.3. The smallest absolute Gasteiger partial charge is 0.151 e. The van der Waals surface area contributed by atoms with Crippen LogP contribution in [0.25, 0.3) is 0 Å². The van der Waals surface area contributed by atoms with Gasteiger partial charge in [0.15, 0.2) is 9.84 Å². The molecule has 0 spiro atoms. The van der Waals surface area contributed by atoms with Crippen LogP contribution < -0.4 is 10.1 Å². The third-order valence-corrected chi connectivity index (χ3v) is 5.81. The molecule has 5 heteroatoms. The van der Waals surface area contributed by atoms with Gasteiger partial charge in [0.2, 0.25) is 0 Å². The minimum atomic E-state index is -2.99. The number of ether oxygens (including phenoxy) is 1. The molecule has 1 aliphatic rings. The highest BCUT2D eigenvalue weighted by Gasteiger charge is 2.34. The Kier molecular flexibility index (Phi) is 5.50. The van der Waals surface area contributed by atoms with Gasteiger partial charge < -0.3 is 10.1 Å². The third-order valence-electron chi connectivity index (χ3n) is 4.14. The highest BCUT2D eigenvalue weighted by molar-refractivity contribution is 7.91. The first-order valence-electron chi connectivity index (χ1n) is 7.96. The van der Waals surface area contributed by atoms with E-state index in [0.717, 1.165) is 36.1 Å². The average molecular weight is 325 g/mol. The van der Waals surface area contributed by atoms with Gasteiger partial charge in [0.25, 0.3) is 0 Å². The van der Waals surface area contributed by atoms with Crippen LogP contribution >= 0.6 is 0 Å². The first-order valence-corrected chi connectivity index (χ1v) is 9.91. The molecule has 124 valence electrons. The Bertz CT molecular complexity index is 610. The summed E-state index contributed by atoms with van der Waals surface area (Å²) in [5, 5.41) is 3.17. The Hall–Kier alpha value is -1.07. The van der Waals surface area contributed by atoms with Crippen molar-refractivity contribution in [2.75, 3.05) is 6.26 Å². The van der Waals surface area contributed by atoms with Gasteiger partial charge >= 0.3 is 0 Å². The standard InChI is InChI=1S/C17H27NO3S/c1-12(2)21-16-10-13(3)8-9-14(16)11-18-15-6-5-7-17(15)22(4,19)20/h8-10,12,15,17-18H,5-7,11H2,1-4H3/t15-,17+/m1/s1. The highest BCUT2D eigenvalue weighted by atomic mass is 32.2. The van der Waals surface area contributed by atoms with Gasteiger partial charge in [-0.1, -0.05) is 18.6 Å². The van der Waals surface area contributed by atoms with Crippen LogP contribution in [0.3, 0.4) is 0 Å². The fourth-order valence-electron chi connectivity index (χ4n) is 3.08. The molecule has 0 bridgehead atoms. The van der Waals surface area contributed by atoms with Gasteiger partial charge in [0.05, 0.1) is 11.4 Å². The molecule has 22 heavy (non-hydrogen) atoms. The number of aryl methyl sites for hydroxylation is 1. The summed E-state index contributed by atoms with van der Waals surface area (Å²) in [6, 6.07) is 6.21. The highest BCUT2D eigenvalue weighted by Crippen LogP contribution is 2.27. The Labute approximate surface area is 134 Å². The van der Waals surface area contributed by atoms with Crippen LogP contribution in [0.5, 0.6) is 5.75 Å². The number of sulfone groups is 1. The second kappa shape index (κ2) is 7.01. The molecule has 2 atom stereocenters. The molecular formula is C17H27NO3S.